The standard InChI is InChI=1S/C17H21N3O/c1-3-14-8-6-7-13(2)17(14)20-12-16(21)19-11-15-9-4-5-10-18-15/h4-10,20H,3,11-12H2,1-2H3,(H,19,21). The van der Waals surface area contributed by atoms with Gasteiger partial charge in [0.1, 0.15) is 0 Å². The molecule has 4 heteroatoms. The summed E-state index contributed by atoms with van der Waals surface area (Å²) in [5.74, 6) is -0.0361. The van der Waals surface area contributed by atoms with Gasteiger partial charge in [-0.2, -0.15) is 0 Å². The topological polar surface area (TPSA) is 54.0 Å². The number of para-hydroxylation sites is 1. The van der Waals surface area contributed by atoms with Gasteiger partial charge in [0.25, 0.3) is 0 Å². The third-order valence-electron chi connectivity index (χ3n) is 3.36. The van der Waals surface area contributed by atoms with Gasteiger partial charge in [-0.25, -0.2) is 0 Å². The van der Waals surface area contributed by atoms with Crippen LogP contribution in [0.1, 0.15) is 23.7 Å². The summed E-state index contributed by atoms with van der Waals surface area (Å²) in [6, 6.07) is 11.8. The highest BCUT2D eigenvalue weighted by Crippen LogP contribution is 2.20. The highest BCUT2D eigenvalue weighted by atomic mass is 16.1. The van der Waals surface area contributed by atoms with E-state index in [1.807, 2.05) is 37.3 Å². The van der Waals surface area contributed by atoms with Gasteiger partial charge >= 0.3 is 0 Å². The van der Waals surface area contributed by atoms with Gasteiger partial charge in [-0.3, -0.25) is 9.78 Å². The first-order valence-electron chi connectivity index (χ1n) is 7.19. The molecule has 0 aliphatic rings. The molecule has 0 spiro atoms. The van der Waals surface area contributed by atoms with Crippen LogP contribution < -0.4 is 10.6 Å². The Labute approximate surface area is 125 Å². The van der Waals surface area contributed by atoms with Gasteiger partial charge < -0.3 is 10.6 Å². The molecule has 2 rings (SSSR count). The normalized spacial score (nSPS) is 10.2. The van der Waals surface area contributed by atoms with Crippen molar-refractivity contribution in [2.45, 2.75) is 26.8 Å². The Morgan fingerprint density at radius 2 is 2.05 bits per heavy atom. The molecule has 1 aromatic carbocycles. The maximum Gasteiger partial charge on any atom is 0.239 e. The first-order chi connectivity index (χ1) is 10.2. The molecule has 0 bridgehead atoms. The molecule has 0 fully saturated rings. The second kappa shape index (κ2) is 7.43. The molecule has 2 aromatic rings. The summed E-state index contributed by atoms with van der Waals surface area (Å²) in [5, 5.41) is 6.10. The Bertz CT molecular complexity index is 596. The minimum atomic E-state index is -0.0361. The van der Waals surface area contributed by atoms with Gasteiger partial charge in [-0.1, -0.05) is 31.2 Å². The van der Waals surface area contributed by atoms with E-state index >= 15 is 0 Å². The minimum absolute atomic E-state index is 0.0361. The number of aromatic nitrogens is 1. The average Bonchev–Trinajstić information content (AvgIpc) is 2.52. The highest BCUT2D eigenvalue weighted by molar-refractivity contribution is 5.81. The van der Waals surface area contributed by atoms with Gasteiger partial charge in [0, 0.05) is 11.9 Å². The predicted octanol–water partition coefficient (Wildman–Crippen LogP) is 2.68. The summed E-state index contributed by atoms with van der Waals surface area (Å²) < 4.78 is 0. The second-order valence-electron chi connectivity index (χ2n) is 4.91. The third-order valence-corrected chi connectivity index (χ3v) is 3.36. The third kappa shape index (κ3) is 4.31. The Morgan fingerprint density at radius 3 is 2.76 bits per heavy atom. The monoisotopic (exact) mass is 283 g/mol. The lowest BCUT2D eigenvalue weighted by atomic mass is 10.1. The summed E-state index contributed by atoms with van der Waals surface area (Å²) in [4.78, 5) is 16.1. The Balaban J connectivity index is 1.87. The first-order valence-corrected chi connectivity index (χ1v) is 7.19. The number of pyridine rings is 1. The zero-order valence-corrected chi connectivity index (χ0v) is 12.5. The average molecular weight is 283 g/mol. The van der Waals surface area contributed by atoms with Crippen molar-refractivity contribution in [1.82, 2.24) is 10.3 Å². The zero-order valence-electron chi connectivity index (χ0n) is 12.5. The summed E-state index contributed by atoms with van der Waals surface area (Å²) in [5.41, 5.74) is 4.31. The molecular weight excluding hydrogens is 262 g/mol. The SMILES string of the molecule is CCc1cccc(C)c1NCC(=O)NCc1ccccn1. The van der Waals surface area contributed by atoms with Crippen LogP contribution in [0.25, 0.3) is 0 Å². The summed E-state index contributed by atoms with van der Waals surface area (Å²) in [7, 11) is 0. The van der Waals surface area contributed by atoms with Crippen LogP contribution in [0, 0.1) is 6.92 Å². The van der Waals surface area contributed by atoms with Crippen LogP contribution in [0.5, 0.6) is 0 Å². The minimum Gasteiger partial charge on any atom is -0.376 e. The smallest absolute Gasteiger partial charge is 0.239 e. The van der Waals surface area contributed by atoms with Gasteiger partial charge in [0.05, 0.1) is 18.8 Å². The highest BCUT2D eigenvalue weighted by Gasteiger charge is 2.06. The van der Waals surface area contributed by atoms with Crippen LogP contribution in [0.3, 0.4) is 0 Å². The van der Waals surface area contributed by atoms with Crippen molar-refractivity contribution in [3.8, 4) is 0 Å². The molecule has 0 unspecified atom stereocenters. The summed E-state index contributed by atoms with van der Waals surface area (Å²) in [6.45, 7) is 4.88. The van der Waals surface area contributed by atoms with Gasteiger partial charge in [0.2, 0.25) is 5.91 Å². The molecule has 0 aliphatic heterocycles. The molecule has 21 heavy (non-hydrogen) atoms. The van der Waals surface area contributed by atoms with Crippen molar-refractivity contribution in [3.63, 3.8) is 0 Å². The van der Waals surface area contributed by atoms with E-state index in [0.717, 1.165) is 23.4 Å². The number of aryl methyl sites for hydroxylation is 2. The molecule has 1 amide bonds. The van der Waals surface area contributed by atoms with E-state index in [1.165, 1.54) is 5.56 Å². The van der Waals surface area contributed by atoms with Crippen LogP contribution in [0.4, 0.5) is 5.69 Å². The maximum absolute atomic E-state index is 11.9. The number of anilines is 1. The molecule has 0 saturated carbocycles. The van der Waals surface area contributed by atoms with E-state index in [2.05, 4.69) is 28.6 Å². The molecule has 0 radical (unpaired) electrons. The number of nitrogens with one attached hydrogen (secondary N) is 2. The van der Waals surface area contributed by atoms with Crippen molar-refractivity contribution >= 4 is 11.6 Å². The molecular formula is C17H21N3O. The van der Waals surface area contributed by atoms with Crippen LogP contribution in [-0.4, -0.2) is 17.4 Å². The number of amides is 1. The van der Waals surface area contributed by atoms with Gasteiger partial charge in [-0.05, 0) is 36.6 Å². The molecule has 2 N–H and O–H groups in total. The molecule has 0 atom stereocenters. The number of hydrogen-bond acceptors (Lipinski definition) is 3. The van der Waals surface area contributed by atoms with Crippen LogP contribution in [-0.2, 0) is 17.8 Å². The van der Waals surface area contributed by atoms with Crippen molar-refractivity contribution in [2.24, 2.45) is 0 Å². The molecule has 0 aliphatic carbocycles. The second-order valence-corrected chi connectivity index (χ2v) is 4.91. The van der Waals surface area contributed by atoms with Crippen LogP contribution in [0.15, 0.2) is 42.6 Å². The lowest BCUT2D eigenvalue weighted by Crippen LogP contribution is -2.30. The van der Waals surface area contributed by atoms with Crippen molar-refractivity contribution in [2.75, 3.05) is 11.9 Å². The summed E-state index contributed by atoms with van der Waals surface area (Å²) >= 11 is 0. The number of benzene rings is 1. The van der Waals surface area contributed by atoms with Crippen molar-refractivity contribution in [1.29, 1.82) is 0 Å². The molecule has 1 aromatic heterocycles. The fourth-order valence-electron chi connectivity index (χ4n) is 2.20. The molecule has 1 heterocycles. The van der Waals surface area contributed by atoms with E-state index in [-0.39, 0.29) is 12.5 Å². The fourth-order valence-corrected chi connectivity index (χ4v) is 2.20. The van der Waals surface area contributed by atoms with E-state index in [9.17, 15) is 4.79 Å². The fraction of sp³-hybridized carbons (Fsp3) is 0.294. The molecule has 110 valence electrons. The van der Waals surface area contributed by atoms with Crippen molar-refractivity contribution < 1.29 is 4.79 Å². The number of rotatable bonds is 6. The summed E-state index contributed by atoms with van der Waals surface area (Å²) in [6.07, 6.45) is 2.67. The number of nitrogens with zero attached hydrogens (tertiary/aromatic N) is 1. The number of carbonyl (C=O) groups excluding carboxylic acids is 1. The number of carbonyl (C=O) groups is 1. The predicted molar refractivity (Wildman–Crippen MR) is 85.1 cm³/mol. The molecule has 4 nitrogen and oxygen atoms in total. The van der Waals surface area contributed by atoms with E-state index < -0.39 is 0 Å². The Kier molecular flexibility index (Phi) is 5.32. The zero-order chi connectivity index (χ0) is 15.1. The lowest BCUT2D eigenvalue weighted by molar-refractivity contribution is -0.119. The van der Waals surface area contributed by atoms with Gasteiger partial charge in [-0.15, -0.1) is 0 Å². The van der Waals surface area contributed by atoms with Crippen molar-refractivity contribution in [3.05, 3.63) is 59.4 Å². The quantitative estimate of drug-likeness (QED) is 0.857. The van der Waals surface area contributed by atoms with Crippen LogP contribution in [0.2, 0.25) is 0 Å². The maximum atomic E-state index is 11.9. The number of hydrogen-bond donors (Lipinski definition) is 2. The Morgan fingerprint density at radius 1 is 1.19 bits per heavy atom. The van der Waals surface area contributed by atoms with Crippen LogP contribution >= 0.6 is 0 Å². The van der Waals surface area contributed by atoms with Gasteiger partial charge in [0.15, 0.2) is 0 Å². The largest absolute Gasteiger partial charge is 0.376 e. The Hall–Kier alpha value is -2.36. The molecule has 0 saturated heterocycles. The first kappa shape index (κ1) is 15.0. The lowest BCUT2D eigenvalue weighted by Gasteiger charge is -2.13. The van der Waals surface area contributed by atoms with E-state index in [0.29, 0.717) is 6.54 Å². The van der Waals surface area contributed by atoms with E-state index in [1.54, 1.807) is 6.20 Å². The van der Waals surface area contributed by atoms with E-state index in [4.69, 9.17) is 0 Å².